The first-order valence-electron chi connectivity index (χ1n) is 7.00. The summed E-state index contributed by atoms with van der Waals surface area (Å²) in [5.41, 5.74) is 3.98. The molecule has 0 saturated carbocycles. The normalized spacial score (nSPS) is 12.6. The van der Waals surface area contributed by atoms with Gasteiger partial charge in [0.1, 0.15) is 0 Å². The molecule has 1 rings (SSSR count). The van der Waals surface area contributed by atoms with Crippen LogP contribution in [0.3, 0.4) is 0 Å². The molecule has 0 saturated heterocycles. The Labute approximate surface area is 116 Å². The van der Waals surface area contributed by atoms with E-state index in [1.165, 1.54) is 38.5 Å². The average Bonchev–Trinajstić information content (AvgIpc) is 2.39. The monoisotopic (exact) mass is 268 g/mol. The average molecular weight is 269 g/mol. The van der Waals surface area contributed by atoms with Crippen molar-refractivity contribution in [3.63, 3.8) is 0 Å². The lowest BCUT2D eigenvalue weighted by Crippen LogP contribution is -2.28. The Morgan fingerprint density at radius 3 is 2.44 bits per heavy atom. The second-order valence-electron chi connectivity index (χ2n) is 4.80. The van der Waals surface area contributed by atoms with Crippen molar-refractivity contribution < 1.29 is 0 Å². The number of hydrogen-bond donors (Lipinski definition) is 2. The fourth-order valence-electron chi connectivity index (χ4n) is 2.22. The molecule has 18 heavy (non-hydrogen) atoms. The third kappa shape index (κ3) is 5.38. The van der Waals surface area contributed by atoms with Crippen molar-refractivity contribution >= 4 is 11.6 Å². The molecule has 0 aromatic heterocycles. The maximum atomic E-state index is 6.18. The lowest BCUT2D eigenvalue weighted by Gasteiger charge is -2.17. The number of hydrogen-bond acceptors (Lipinski definition) is 2. The second-order valence-corrected chi connectivity index (χ2v) is 5.20. The van der Waals surface area contributed by atoms with Gasteiger partial charge in [0.05, 0.1) is 0 Å². The molecule has 1 atom stereocenters. The van der Waals surface area contributed by atoms with E-state index in [4.69, 9.17) is 17.4 Å². The third-order valence-electron chi connectivity index (χ3n) is 3.33. The molecule has 0 bridgehead atoms. The van der Waals surface area contributed by atoms with E-state index in [0.717, 1.165) is 17.0 Å². The number of unbranched alkanes of at least 4 members (excludes halogenated alkanes) is 5. The fraction of sp³-hybridized carbons (Fsp3) is 0.600. The summed E-state index contributed by atoms with van der Waals surface area (Å²) in [5, 5.41) is 0.798. The molecular weight excluding hydrogens is 244 g/mol. The molecule has 0 aliphatic heterocycles. The van der Waals surface area contributed by atoms with Gasteiger partial charge in [0.25, 0.3) is 0 Å². The van der Waals surface area contributed by atoms with Gasteiger partial charge in [-0.1, -0.05) is 75.2 Å². The largest absolute Gasteiger partial charge is 0.271 e. The first kappa shape index (κ1) is 15.5. The minimum Gasteiger partial charge on any atom is -0.271 e. The van der Waals surface area contributed by atoms with Gasteiger partial charge in [-0.05, 0) is 18.1 Å². The summed E-state index contributed by atoms with van der Waals surface area (Å²) in [6.45, 7) is 2.24. The maximum absolute atomic E-state index is 6.18. The van der Waals surface area contributed by atoms with Crippen LogP contribution in [0.2, 0.25) is 5.02 Å². The van der Waals surface area contributed by atoms with Crippen LogP contribution in [0.25, 0.3) is 0 Å². The molecule has 2 nitrogen and oxygen atoms in total. The minimum atomic E-state index is 0.171. The molecule has 3 heteroatoms. The van der Waals surface area contributed by atoms with E-state index in [9.17, 15) is 0 Å². The Morgan fingerprint density at radius 2 is 1.78 bits per heavy atom. The molecule has 0 amide bonds. The van der Waals surface area contributed by atoms with E-state index in [-0.39, 0.29) is 6.04 Å². The molecule has 0 aliphatic rings. The first-order valence-corrected chi connectivity index (χ1v) is 7.38. The van der Waals surface area contributed by atoms with E-state index in [0.29, 0.717) is 0 Å². The summed E-state index contributed by atoms with van der Waals surface area (Å²) >= 11 is 6.18. The number of nitrogens with two attached hydrogens (primary N) is 1. The number of rotatable bonds is 9. The lowest BCUT2D eigenvalue weighted by molar-refractivity contribution is 0.477. The predicted molar refractivity (Wildman–Crippen MR) is 79.5 cm³/mol. The predicted octanol–water partition coefficient (Wildman–Crippen LogP) is 4.60. The SMILES string of the molecule is CCCCCCCCC(NN)c1ccccc1Cl. The van der Waals surface area contributed by atoms with Crippen molar-refractivity contribution in [2.45, 2.75) is 57.9 Å². The maximum Gasteiger partial charge on any atom is 0.0474 e. The Balaban J connectivity index is 2.32. The molecular formula is C15H25ClN2. The lowest BCUT2D eigenvalue weighted by atomic mass is 10.00. The second kappa shape index (κ2) is 9.37. The third-order valence-corrected chi connectivity index (χ3v) is 3.67. The highest BCUT2D eigenvalue weighted by Crippen LogP contribution is 2.26. The molecule has 0 aliphatic carbocycles. The molecule has 0 fully saturated rings. The van der Waals surface area contributed by atoms with Crippen LogP contribution in [0.1, 0.15) is 63.5 Å². The van der Waals surface area contributed by atoms with Gasteiger partial charge in [-0.15, -0.1) is 0 Å². The van der Waals surface area contributed by atoms with Crippen molar-refractivity contribution in [1.82, 2.24) is 5.43 Å². The van der Waals surface area contributed by atoms with Crippen LogP contribution < -0.4 is 11.3 Å². The van der Waals surface area contributed by atoms with Crippen LogP contribution in [0.5, 0.6) is 0 Å². The van der Waals surface area contributed by atoms with Gasteiger partial charge in [-0.3, -0.25) is 11.3 Å². The smallest absolute Gasteiger partial charge is 0.0474 e. The molecule has 1 aromatic carbocycles. The number of hydrazine groups is 1. The molecule has 3 N–H and O–H groups in total. The van der Waals surface area contributed by atoms with Crippen LogP contribution >= 0.6 is 11.6 Å². The van der Waals surface area contributed by atoms with Crippen LogP contribution in [-0.4, -0.2) is 0 Å². The van der Waals surface area contributed by atoms with E-state index in [1.54, 1.807) is 0 Å². The summed E-state index contributed by atoms with van der Waals surface area (Å²) in [6.07, 6.45) is 8.85. The van der Waals surface area contributed by atoms with Crippen LogP contribution in [0.4, 0.5) is 0 Å². The van der Waals surface area contributed by atoms with Gasteiger partial charge in [0.15, 0.2) is 0 Å². The van der Waals surface area contributed by atoms with Crippen LogP contribution in [-0.2, 0) is 0 Å². The van der Waals surface area contributed by atoms with E-state index in [1.807, 2.05) is 24.3 Å². The Bertz CT molecular complexity index is 328. The minimum absolute atomic E-state index is 0.171. The molecule has 0 spiro atoms. The van der Waals surface area contributed by atoms with Gasteiger partial charge in [-0.25, -0.2) is 0 Å². The van der Waals surface area contributed by atoms with Crippen molar-refractivity contribution in [2.75, 3.05) is 0 Å². The molecule has 1 unspecified atom stereocenters. The number of nitrogens with one attached hydrogen (secondary N) is 1. The van der Waals surface area contributed by atoms with Gasteiger partial charge in [0.2, 0.25) is 0 Å². The van der Waals surface area contributed by atoms with E-state index >= 15 is 0 Å². The van der Waals surface area contributed by atoms with Gasteiger partial charge in [0, 0.05) is 11.1 Å². The summed E-state index contributed by atoms with van der Waals surface area (Å²) in [4.78, 5) is 0. The summed E-state index contributed by atoms with van der Waals surface area (Å²) in [7, 11) is 0. The highest BCUT2D eigenvalue weighted by Gasteiger charge is 2.11. The summed E-state index contributed by atoms with van der Waals surface area (Å²) in [6, 6.07) is 8.09. The topological polar surface area (TPSA) is 38.0 Å². The Morgan fingerprint density at radius 1 is 1.11 bits per heavy atom. The summed E-state index contributed by atoms with van der Waals surface area (Å²) < 4.78 is 0. The number of halogens is 1. The van der Waals surface area contributed by atoms with Crippen molar-refractivity contribution in [3.05, 3.63) is 34.9 Å². The highest BCUT2D eigenvalue weighted by atomic mass is 35.5. The van der Waals surface area contributed by atoms with Crippen molar-refractivity contribution in [1.29, 1.82) is 0 Å². The standard InChI is InChI=1S/C15H25ClN2/c1-2-3-4-5-6-7-12-15(18-17)13-10-8-9-11-14(13)16/h8-11,15,18H,2-7,12,17H2,1H3. The zero-order valence-electron chi connectivity index (χ0n) is 11.3. The Kier molecular flexibility index (Phi) is 8.06. The molecule has 1 aromatic rings. The van der Waals surface area contributed by atoms with Crippen molar-refractivity contribution in [3.8, 4) is 0 Å². The zero-order valence-corrected chi connectivity index (χ0v) is 12.0. The zero-order chi connectivity index (χ0) is 13.2. The molecule has 0 radical (unpaired) electrons. The fourth-order valence-corrected chi connectivity index (χ4v) is 2.48. The molecule has 0 heterocycles. The first-order chi connectivity index (χ1) is 8.79. The van der Waals surface area contributed by atoms with Gasteiger partial charge in [-0.2, -0.15) is 0 Å². The van der Waals surface area contributed by atoms with E-state index in [2.05, 4.69) is 12.3 Å². The van der Waals surface area contributed by atoms with Crippen LogP contribution in [0, 0.1) is 0 Å². The number of benzene rings is 1. The van der Waals surface area contributed by atoms with Crippen molar-refractivity contribution in [2.24, 2.45) is 5.84 Å². The quantitative estimate of drug-likeness (QED) is 0.390. The Hall–Kier alpha value is -0.570. The van der Waals surface area contributed by atoms with Gasteiger partial charge < -0.3 is 0 Å². The summed E-state index contributed by atoms with van der Waals surface area (Å²) in [5.74, 6) is 5.63. The molecule has 102 valence electrons. The van der Waals surface area contributed by atoms with Gasteiger partial charge >= 0.3 is 0 Å². The van der Waals surface area contributed by atoms with E-state index < -0.39 is 0 Å². The van der Waals surface area contributed by atoms with Crippen LogP contribution in [0.15, 0.2) is 24.3 Å². The highest BCUT2D eigenvalue weighted by molar-refractivity contribution is 6.31.